The van der Waals surface area contributed by atoms with Gasteiger partial charge in [-0.2, -0.15) is 9.94 Å². The predicted octanol–water partition coefficient (Wildman–Crippen LogP) is 9.13. The first kappa shape index (κ1) is 35.1. The summed E-state index contributed by atoms with van der Waals surface area (Å²) in [5, 5.41) is 18.6. The number of ether oxygens (including phenoxy) is 1. The highest BCUT2D eigenvalue weighted by Gasteiger charge is 2.49. The summed E-state index contributed by atoms with van der Waals surface area (Å²) in [6.45, 7) is 24.2. The number of rotatable bonds is 5. The number of carbonyl (C=O) groups is 1. The van der Waals surface area contributed by atoms with Gasteiger partial charge in [-0.3, -0.25) is 0 Å². The average Bonchev–Trinajstić information content (AvgIpc) is 3.54. The molecule has 0 saturated heterocycles. The lowest BCUT2D eigenvalue weighted by Gasteiger charge is -2.50. The monoisotopic (exact) mass is 648 g/mol. The van der Waals surface area contributed by atoms with Crippen molar-refractivity contribution >= 4 is 28.8 Å². The van der Waals surface area contributed by atoms with Gasteiger partial charge in [-0.05, 0) is 71.3 Å². The highest BCUT2D eigenvalue weighted by molar-refractivity contribution is 6.30. The molecule has 1 aliphatic carbocycles. The molecule has 2 atom stereocenters. The number of allylic oxidation sites excluding steroid dienone is 1. The van der Waals surface area contributed by atoms with E-state index in [1.165, 1.54) is 5.56 Å². The Kier molecular flexibility index (Phi) is 9.24. The van der Waals surface area contributed by atoms with Gasteiger partial charge < -0.3 is 10.1 Å². The average molecular weight is 649 g/mol. The third-order valence-corrected chi connectivity index (χ3v) is 10.1. The first-order valence-corrected chi connectivity index (χ1v) is 17.1. The second-order valence-electron chi connectivity index (χ2n) is 16.9. The van der Waals surface area contributed by atoms with Crippen LogP contribution in [0.1, 0.15) is 99.0 Å². The molecule has 0 bridgehead atoms. The van der Waals surface area contributed by atoms with Gasteiger partial charge in [0.2, 0.25) is 0 Å². The Morgan fingerprint density at radius 3 is 2.08 bits per heavy atom. The fourth-order valence-corrected chi connectivity index (χ4v) is 7.20. The molecule has 2 aliphatic rings. The Hall–Kier alpha value is -4.25. The van der Waals surface area contributed by atoms with Gasteiger partial charge in [-0.25, -0.2) is 14.8 Å². The molecular formula is C40H52N6O2. The van der Waals surface area contributed by atoms with Crippen molar-refractivity contribution in [3.05, 3.63) is 65.0 Å². The fraction of sp³-hybridized carbons (Fsp3) is 0.525. The SMILES string of the molecule is CNc1ccc(/N=C2\C(C#N)=C(C(=O)OC3C(C(C)(C)C)CC(C)CC3C(C)(C)C)c3nc(-c4ccc(C(C)(C)C)cc4)nn32)c(C)c1. The topological polar surface area (TPSA) is 105 Å². The zero-order valence-electron chi connectivity index (χ0n) is 30.8. The predicted molar refractivity (Wildman–Crippen MR) is 194 cm³/mol. The van der Waals surface area contributed by atoms with Crippen molar-refractivity contribution in [2.75, 3.05) is 12.4 Å². The molecule has 1 N–H and O–H groups in total. The van der Waals surface area contributed by atoms with Crippen molar-refractivity contribution in [1.29, 1.82) is 5.26 Å². The van der Waals surface area contributed by atoms with Crippen molar-refractivity contribution in [1.82, 2.24) is 14.8 Å². The van der Waals surface area contributed by atoms with E-state index in [0.29, 0.717) is 17.4 Å². The maximum atomic E-state index is 14.5. The van der Waals surface area contributed by atoms with Crippen molar-refractivity contribution in [3.63, 3.8) is 0 Å². The van der Waals surface area contributed by atoms with Gasteiger partial charge in [0.25, 0.3) is 0 Å². The summed E-state index contributed by atoms with van der Waals surface area (Å²) < 4.78 is 8.16. The zero-order chi connectivity index (χ0) is 35.3. The molecule has 1 aliphatic heterocycles. The second-order valence-corrected chi connectivity index (χ2v) is 16.9. The molecule has 2 heterocycles. The Balaban J connectivity index is 1.65. The molecule has 0 amide bonds. The molecule has 8 heteroatoms. The molecule has 1 aromatic heterocycles. The molecule has 8 nitrogen and oxygen atoms in total. The van der Waals surface area contributed by atoms with Gasteiger partial charge in [-0.15, -0.1) is 5.10 Å². The van der Waals surface area contributed by atoms with Gasteiger partial charge in [0.15, 0.2) is 17.5 Å². The summed E-state index contributed by atoms with van der Waals surface area (Å²) >= 11 is 0. The minimum atomic E-state index is -0.551. The molecule has 5 rings (SSSR count). The number of benzene rings is 2. The molecule has 0 radical (unpaired) electrons. The number of nitriles is 1. The quantitative estimate of drug-likeness (QED) is 0.277. The molecule has 3 aromatic rings. The lowest BCUT2D eigenvalue weighted by atomic mass is 9.59. The van der Waals surface area contributed by atoms with Crippen LogP contribution in [0.25, 0.3) is 17.0 Å². The van der Waals surface area contributed by atoms with Crippen molar-refractivity contribution in [2.24, 2.45) is 33.6 Å². The summed E-state index contributed by atoms with van der Waals surface area (Å²) in [4.78, 5) is 24.4. The van der Waals surface area contributed by atoms with E-state index in [1.54, 1.807) is 4.68 Å². The first-order valence-electron chi connectivity index (χ1n) is 17.1. The minimum Gasteiger partial charge on any atom is -0.458 e. The number of aryl methyl sites for hydroxylation is 1. The van der Waals surface area contributed by atoms with E-state index in [-0.39, 0.29) is 57.0 Å². The van der Waals surface area contributed by atoms with Gasteiger partial charge in [0.05, 0.1) is 5.69 Å². The van der Waals surface area contributed by atoms with Crippen LogP contribution < -0.4 is 5.32 Å². The second kappa shape index (κ2) is 12.7. The van der Waals surface area contributed by atoms with Crippen molar-refractivity contribution < 1.29 is 9.53 Å². The van der Waals surface area contributed by atoms with Crippen molar-refractivity contribution in [3.8, 4) is 17.5 Å². The number of nitrogens with zero attached hydrogens (tertiary/aromatic N) is 5. The molecule has 1 saturated carbocycles. The number of anilines is 1. The van der Waals surface area contributed by atoms with E-state index in [0.717, 1.165) is 29.7 Å². The molecule has 1 fully saturated rings. The van der Waals surface area contributed by atoms with Crippen molar-refractivity contribution in [2.45, 2.75) is 101 Å². The number of esters is 1. The normalized spacial score (nSPS) is 22.4. The Bertz CT molecular complexity index is 1780. The number of aliphatic imine (C=N–C) groups is 1. The van der Waals surface area contributed by atoms with E-state index in [2.05, 4.69) is 92.8 Å². The Morgan fingerprint density at radius 1 is 0.979 bits per heavy atom. The lowest BCUT2D eigenvalue weighted by Crippen LogP contribution is -2.49. The molecular weight excluding hydrogens is 596 g/mol. The number of carbonyl (C=O) groups excluding carboxylic acids is 1. The molecule has 48 heavy (non-hydrogen) atoms. The largest absolute Gasteiger partial charge is 0.458 e. The maximum Gasteiger partial charge on any atom is 0.343 e. The number of hydrogen-bond acceptors (Lipinski definition) is 7. The molecule has 2 aromatic carbocycles. The van der Waals surface area contributed by atoms with E-state index in [9.17, 15) is 10.1 Å². The highest BCUT2D eigenvalue weighted by Crippen LogP contribution is 2.50. The van der Waals surface area contributed by atoms with Gasteiger partial charge >= 0.3 is 5.97 Å². The Labute approximate surface area is 286 Å². The molecule has 0 spiro atoms. The Morgan fingerprint density at radius 2 is 1.58 bits per heavy atom. The van der Waals surface area contributed by atoms with Crippen LogP contribution in [0.5, 0.6) is 0 Å². The van der Waals surface area contributed by atoms with Crippen LogP contribution in [0.2, 0.25) is 0 Å². The number of nitrogens with one attached hydrogen (secondary N) is 1. The first-order chi connectivity index (χ1) is 22.3. The summed E-state index contributed by atoms with van der Waals surface area (Å²) in [6.07, 6.45) is 1.62. The van der Waals surface area contributed by atoms with E-state index in [4.69, 9.17) is 19.8 Å². The summed E-state index contributed by atoms with van der Waals surface area (Å²) in [5.74, 6) is 1.26. The van der Waals surface area contributed by atoms with Crippen LogP contribution in [-0.4, -0.2) is 39.7 Å². The van der Waals surface area contributed by atoms with Gasteiger partial charge in [0.1, 0.15) is 23.3 Å². The van der Waals surface area contributed by atoms with E-state index >= 15 is 0 Å². The van der Waals surface area contributed by atoms with Crippen LogP contribution in [0.4, 0.5) is 11.4 Å². The number of hydrogen-bond donors (Lipinski definition) is 1. The maximum absolute atomic E-state index is 14.5. The highest BCUT2D eigenvalue weighted by atomic mass is 16.5. The molecule has 2 unspecified atom stereocenters. The summed E-state index contributed by atoms with van der Waals surface area (Å²) in [7, 11) is 1.87. The third kappa shape index (κ3) is 6.83. The van der Waals surface area contributed by atoms with Crippen LogP contribution in [0.15, 0.2) is 53.0 Å². The van der Waals surface area contributed by atoms with E-state index in [1.807, 2.05) is 44.3 Å². The number of fused-ring (bicyclic) bond motifs is 1. The minimum absolute atomic E-state index is 0.00342. The third-order valence-electron chi connectivity index (χ3n) is 10.1. The van der Waals surface area contributed by atoms with Gasteiger partial charge in [0, 0.05) is 30.1 Å². The lowest BCUT2D eigenvalue weighted by molar-refractivity contribution is -0.162. The number of aromatic nitrogens is 3. The standard InChI is InChI=1S/C40H52N6O2/c1-23-19-29(39(6,7)8)33(30(20-23)40(9,10)11)48-37(47)32-28(22-41)35(43-31-18-17-27(42-12)21-24(31)2)46-36(32)44-34(45-46)25-13-15-26(16-14-25)38(3,4)5/h13-18,21,23,29-30,33,42H,19-20H2,1-12H3/b43-35+. The van der Waals surface area contributed by atoms with Crippen LogP contribution in [-0.2, 0) is 14.9 Å². The fourth-order valence-electron chi connectivity index (χ4n) is 7.20. The van der Waals surface area contributed by atoms with E-state index < -0.39 is 5.97 Å². The smallest absolute Gasteiger partial charge is 0.343 e. The summed E-state index contributed by atoms with van der Waals surface area (Å²) in [5.41, 5.74) is 4.61. The van der Waals surface area contributed by atoms with Gasteiger partial charge in [-0.1, -0.05) is 93.5 Å². The zero-order valence-corrected chi connectivity index (χ0v) is 30.8. The molecule has 254 valence electrons. The van der Waals surface area contributed by atoms with Crippen LogP contribution >= 0.6 is 0 Å². The summed E-state index contributed by atoms with van der Waals surface area (Å²) in [6, 6.07) is 16.3. The van der Waals surface area contributed by atoms with Crippen LogP contribution in [0, 0.1) is 46.8 Å². The van der Waals surface area contributed by atoms with Crippen LogP contribution in [0.3, 0.4) is 0 Å².